The number of ether oxygens (including phenoxy) is 2. The average molecular weight is 389 g/mol. The summed E-state index contributed by atoms with van der Waals surface area (Å²) in [5.74, 6) is 1.09. The first kappa shape index (κ1) is 17.7. The van der Waals surface area contributed by atoms with Crippen LogP contribution >= 0.6 is 0 Å². The lowest BCUT2D eigenvalue weighted by atomic mass is 9.96. The summed E-state index contributed by atoms with van der Waals surface area (Å²) in [6, 6.07) is 16.3. The normalized spacial score (nSPS) is 19.8. The van der Waals surface area contributed by atoms with Crippen LogP contribution in [0.1, 0.15) is 42.3 Å². The summed E-state index contributed by atoms with van der Waals surface area (Å²) in [5, 5.41) is 6.79. The van der Waals surface area contributed by atoms with Crippen molar-refractivity contribution < 1.29 is 13.9 Å². The van der Waals surface area contributed by atoms with Crippen molar-refractivity contribution in [1.29, 1.82) is 0 Å². The molecule has 3 aromatic rings. The number of pyridine rings is 1. The minimum Gasteiger partial charge on any atom is -0.490 e. The van der Waals surface area contributed by atoms with Crippen molar-refractivity contribution in [1.82, 2.24) is 9.99 Å². The van der Waals surface area contributed by atoms with E-state index >= 15 is 0 Å². The Morgan fingerprint density at radius 2 is 2.07 bits per heavy atom. The van der Waals surface area contributed by atoms with Crippen LogP contribution in [-0.4, -0.2) is 22.3 Å². The molecular weight excluding hydrogens is 369 g/mol. The number of halogens is 1. The SMILES string of the molecule is CCOc1cccc2c1O[C@H](c1cccc(F)c1)N1N=C(c3cccnc3)C[C@@H]21. The molecule has 6 heteroatoms. The summed E-state index contributed by atoms with van der Waals surface area (Å²) in [7, 11) is 0. The zero-order valence-corrected chi connectivity index (χ0v) is 16.0. The average Bonchev–Trinajstić information content (AvgIpc) is 3.20. The molecule has 0 spiro atoms. The van der Waals surface area contributed by atoms with Gasteiger partial charge in [-0.3, -0.25) is 4.98 Å². The molecule has 5 rings (SSSR count). The number of hydrazone groups is 1. The molecule has 0 saturated carbocycles. The maximum atomic E-state index is 14.0. The zero-order valence-electron chi connectivity index (χ0n) is 16.0. The molecular formula is C23H20FN3O2. The Morgan fingerprint density at radius 3 is 2.86 bits per heavy atom. The van der Waals surface area contributed by atoms with Gasteiger partial charge >= 0.3 is 0 Å². The van der Waals surface area contributed by atoms with Gasteiger partial charge in [-0.1, -0.05) is 30.3 Å². The highest BCUT2D eigenvalue weighted by Gasteiger charge is 2.42. The lowest BCUT2D eigenvalue weighted by molar-refractivity contribution is -0.0214. The van der Waals surface area contributed by atoms with Gasteiger partial charge in [-0.15, -0.1) is 0 Å². The molecule has 0 amide bonds. The number of hydrogen-bond acceptors (Lipinski definition) is 5. The van der Waals surface area contributed by atoms with Crippen molar-refractivity contribution in [3.05, 3.63) is 89.5 Å². The van der Waals surface area contributed by atoms with Crippen LogP contribution in [0.3, 0.4) is 0 Å². The minimum atomic E-state index is -0.543. The largest absolute Gasteiger partial charge is 0.490 e. The fraction of sp³-hybridized carbons (Fsp3) is 0.217. The Morgan fingerprint density at radius 1 is 1.17 bits per heavy atom. The van der Waals surface area contributed by atoms with E-state index in [1.165, 1.54) is 12.1 Å². The summed E-state index contributed by atoms with van der Waals surface area (Å²) in [6.45, 7) is 2.48. The Labute approximate surface area is 168 Å². The van der Waals surface area contributed by atoms with Gasteiger partial charge in [0.15, 0.2) is 11.5 Å². The summed E-state index contributed by atoms with van der Waals surface area (Å²) in [6.07, 6.45) is 3.73. The molecule has 0 unspecified atom stereocenters. The molecule has 0 aliphatic carbocycles. The molecule has 146 valence electrons. The number of aromatic nitrogens is 1. The van der Waals surface area contributed by atoms with Gasteiger partial charge < -0.3 is 9.47 Å². The minimum absolute atomic E-state index is 0.0253. The lowest BCUT2D eigenvalue weighted by Gasteiger charge is -2.38. The van der Waals surface area contributed by atoms with Gasteiger partial charge in [-0.25, -0.2) is 9.40 Å². The van der Waals surface area contributed by atoms with E-state index in [0.29, 0.717) is 30.1 Å². The summed E-state index contributed by atoms with van der Waals surface area (Å²) < 4.78 is 26.1. The summed E-state index contributed by atoms with van der Waals surface area (Å²) >= 11 is 0. The molecule has 0 bridgehead atoms. The first-order valence-electron chi connectivity index (χ1n) is 9.68. The van der Waals surface area contributed by atoms with Crippen molar-refractivity contribution in [2.24, 2.45) is 5.10 Å². The second kappa shape index (κ2) is 7.20. The van der Waals surface area contributed by atoms with E-state index in [1.807, 2.05) is 54.5 Å². The van der Waals surface area contributed by atoms with Crippen LogP contribution in [0.5, 0.6) is 11.5 Å². The van der Waals surface area contributed by atoms with Gasteiger partial charge in [-0.2, -0.15) is 5.10 Å². The molecule has 0 saturated heterocycles. The van der Waals surface area contributed by atoms with Gasteiger partial charge in [0.05, 0.1) is 18.4 Å². The quantitative estimate of drug-likeness (QED) is 0.639. The van der Waals surface area contributed by atoms with Crippen LogP contribution < -0.4 is 9.47 Å². The van der Waals surface area contributed by atoms with Crippen LogP contribution in [0, 0.1) is 5.82 Å². The third-order valence-electron chi connectivity index (χ3n) is 5.21. The second-order valence-corrected chi connectivity index (χ2v) is 7.02. The van der Waals surface area contributed by atoms with Crippen molar-refractivity contribution in [2.45, 2.75) is 25.6 Å². The third-order valence-corrected chi connectivity index (χ3v) is 5.21. The van der Waals surface area contributed by atoms with Gasteiger partial charge in [0.25, 0.3) is 0 Å². The first-order chi connectivity index (χ1) is 14.2. The van der Waals surface area contributed by atoms with E-state index < -0.39 is 6.23 Å². The molecule has 0 fully saturated rings. The van der Waals surface area contributed by atoms with Crippen molar-refractivity contribution in [3.8, 4) is 11.5 Å². The highest BCUT2D eigenvalue weighted by Crippen LogP contribution is 2.50. The molecule has 0 radical (unpaired) electrons. The van der Waals surface area contributed by atoms with Gasteiger partial charge in [-0.05, 0) is 31.2 Å². The maximum Gasteiger partial charge on any atom is 0.214 e. The Kier molecular flexibility index (Phi) is 4.39. The van der Waals surface area contributed by atoms with E-state index in [4.69, 9.17) is 14.6 Å². The summed E-state index contributed by atoms with van der Waals surface area (Å²) in [5.41, 5.74) is 3.64. The van der Waals surface area contributed by atoms with Crippen molar-refractivity contribution in [2.75, 3.05) is 6.61 Å². The number of fused-ring (bicyclic) bond motifs is 3. The molecule has 29 heavy (non-hydrogen) atoms. The van der Waals surface area contributed by atoms with Crippen LogP contribution in [0.25, 0.3) is 0 Å². The number of nitrogens with zero attached hydrogens (tertiary/aromatic N) is 3. The Balaban J connectivity index is 1.62. The van der Waals surface area contributed by atoms with Crippen molar-refractivity contribution >= 4 is 5.71 Å². The number of hydrogen-bond donors (Lipinski definition) is 0. The van der Waals surface area contributed by atoms with Crippen LogP contribution in [-0.2, 0) is 0 Å². The summed E-state index contributed by atoms with van der Waals surface area (Å²) in [4.78, 5) is 4.22. The van der Waals surface area contributed by atoms with E-state index in [9.17, 15) is 4.39 Å². The second-order valence-electron chi connectivity index (χ2n) is 7.02. The van der Waals surface area contributed by atoms with E-state index in [-0.39, 0.29) is 11.9 Å². The lowest BCUT2D eigenvalue weighted by Crippen LogP contribution is -2.34. The van der Waals surface area contributed by atoms with E-state index in [0.717, 1.165) is 16.8 Å². The monoisotopic (exact) mass is 389 g/mol. The fourth-order valence-corrected chi connectivity index (χ4v) is 3.94. The van der Waals surface area contributed by atoms with E-state index in [2.05, 4.69) is 4.98 Å². The standard InChI is InChI=1S/C23H20FN3O2/c1-2-28-21-10-4-9-18-20-13-19(16-7-5-11-25-14-16)26-27(20)23(29-22(18)21)15-6-3-8-17(24)12-15/h3-12,14,20,23H,2,13H2,1H3/t20-,23+/m0/s1. The Hall–Kier alpha value is -3.41. The van der Waals surface area contributed by atoms with E-state index in [1.54, 1.807) is 12.3 Å². The maximum absolute atomic E-state index is 14.0. The molecule has 0 N–H and O–H groups in total. The van der Waals surface area contributed by atoms with Crippen LogP contribution in [0.2, 0.25) is 0 Å². The topological polar surface area (TPSA) is 47.0 Å². The molecule has 2 aliphatic heterocycles. The van der Waals surface area contributed by atoms with Crippen molar-refractivity contribution in [3.63, 3.8) is 0 Å². The van der Waals surface area contributed by atoms with Gasteiger partial charge in [0.2, 0.25) is 6.23 Å². The predicted octanol–water partition coefficient (Wildman–Crippen LogP) is 4.86. The Bertz CT molecular complexity index is 1070. The first-order valence-corrected chi connectivity index (χ1v) is 9.68. The fourth-order valence-electron chi connectivity index (χ4n) is 3.94. The molecule has 2 atom stereocenters. The molecule has 1 aromatic heterocycles. The third kappa shape index (κ3) is 3.10. The molecule has 2 aliphatic rings. The van der Waals surface area contributed by atoms with Gasteiger partial charge in [0, 0.05) is 35.5 Å². The number of benzene rings is 2. The predicted molar refractivity (Wildman–Crippen MR) is 107 cm³/mol. The van der Waals surface area contributed by atoms with Crippen LogP contribution in [0.15, 0.2) is 72.1 Å². The molecule has 3 heterocycles. The molecule has 2 aromatic carbocycles. The van der Waals surface area contributed by atoms with Crippen LogP contribution in [0.4, 0.5) is 4.39 Å². The number of rotatable bonds is 4. The molecule has 5 nitrogen and oxygen atoms in total. The number of para-hydroxylation sites is 1. The zero-order chi connectivity index (χ0) is 19.8. The highest BCUT2D eigenvalue weighted by molar-refractivity contribution is 6.01. The highest BCUT2D eigenvalue weighted by atomic mass is 19.1. The smallest absolute Gasteiger partial charge is 0.214 e. The van der Waals surface area contributed by atoms with Gasteiger partial charge in [0.1, 0.15) is 5.82 Å².